The number of ketones is 1. The van der Waals surface area contributed by atoms with Gasteiger partial charge in [0.15, 0.2) is 5.78 Å². The quantitative estimate of drug-likeness (QED) is 0.118. The Balaban J connectivity index is 0.000000279. The van der Waals surface area contributed by atoms with Crippen molar-refractivity contribution in [3.8, 4) is 0 Å². The predicted octanol–water partition coefficient (Wildman–Crippen LogP) is 8.35. The van der Waals surface area contributed by atoms with Gasteiger partial charge in [0.2, 0.25) is 0 Å². The molecule has 0 N–H and O–H groups in total. The number of carbonyl (C=O) groups excluding carboxylic acids is 1. The average molecular weight is 591 g/mol. The standard InChI is InChI=1S/C15H12O2.3C6H11.Sn/c16-14(12-7-3-1-4-8-12)11-15(17)13-9-5-2-6-10-13;3*1-2-4-6-5-3-1;/h1-11,16H;3*1H,2-6H2;/q;3*-1;+4/p-1. The van der Waals surface area contributed by atoms with Crippen molar-refractivity contribution < 1.29 is 9.90 Å². The van der Waals surface area contributed by atoms with Gasteiger partial charge in [-0.2, -0.15) is 38.5 Å². The summed E-state index contributed by atoms with van der Waals surface area (Å²) in [7, 11) is 0. The van der Waals surface area contributed by atoms with Crippen molar-refractivity contribution in [2.24, 2.45) is 0 Å². The van der Waals surface area contributed by atoms with Crippen LogP contribution in [0.2, 0.25) is 0 Å². The summed E-state index contributed by atoms with van der Waals surface area (Å²) in [6.07, 6.45) is 29.6. The third-order valence-electron chi connectivity index (χ3n) is 6.33. The molecule has 0 saturated heterocycles. The fourth-order valence-electron chi connectivity index (χ4n) is 4.19. The minimum absolute atomic E-state index is 0. The van der Waals surface area contributed by atoms with Gasteiger partial charge in [0.05, 0.1) is 0 Å². The summed E-state index contributed by atoms with van der Waals surface area (Å²) in [5.41, 5.74) is 1.05. The van der Waals surface area contributed by atoms with E-state index in [4.69, 9.17) is 0 Å². The fourth-order valence-corrected chi connectivity index (χ4v) is 4.19. The van der Waals surface area contributed by atoms with Crippen molar-refractivity contribution in [1.82, 2.24) is 0 Å². The van der Waals surface area contributed by atoms with Gasteiger partial charge in [-0.15, -0.1) is 0 Å². The van der Waals surface area contributed by atoms with Crippen LogP contribution in [0.15, 0.2) is 66.7 Å². The number of allylic oxidation sites excluding steroid dienone is 1. The Labute approximate surface area is 237 Å². The van der Waals surface area contributed by atoms with E-state index >= 15 is 0 Å². The van der Waals surface area contributed by atoms with E-state index in [9.17, 15) is 9.90 Å². The minimum atomic E-state index is -0.264. The molecule has 0 radical (unpaired) electrons. The molecule has 2 nitrogen and oxygen atoms in total. The van der Waals surface area contributed by atoms with Crippen molar-refractivity contribution in [2.75, 3.05) is 0 Å². The summed E-state index contributed by atoms with van der Waals surface area (Å²) >= 11 is 0. The van der Waals surface area contributed by atoms with E-state index in [2.05, 4.69) is 19.3 Å². The van der Waals surface area contributed by atoms with Gasteiger partial charge >= 0.3 is 23.9 Å². The maximum atomic E-state index is 11.8. The van der Waals surface area contributed by atoms with Crippen LogP contribution in [-0.2, 0) is 0 Å². The van der Waals surface area contributed by atoms with Crippen LogP contribution >= 0.6 is 0 Å². The number of benzene rings is 2. The maximum Gasteiger partial charge on any atom is 4.00 e. The van der Waals surface area contributed by atoms with Crippen LogP contribution in [0.4, 0.5) is 0 Å². The van der Waals surface area contributed by atoms with Crippen LogP contribution in [0.5, 0.6) is 0 Å². The van der Waals surface area contributed by atoms with Crippen molar-refractivity contribution in [1.29, 1.82) is 0 Å². The van der Waals surface area contributed by atoms with E-state index in [0.29, 0.717) is 11.1 Å². The second kappa shape index (κ2) is 22.6. The fraction of sp³-hybridized carbons (Fsp3) is 0.455. The molecular weight excluding hydrogens is 547 g/mol. The van der Waals surface area contributed by atoms with Crippen molar-refractivity contribution >= 4 is 35.4 Å². The molecule has 3 fully saturated rings. The molecule has 2 aromatic rings. The van der Waals surface area contributed by atoms with Crippen LogP contribution in [0, 0.1) is 19.3 Å². The summed E-state index contributed by atoms with van der Waals surface area (Å²) < 4.78 is 0. The monoisotopic (exact) mass is 592 g/mol. The molecule has 0 amide bonds. The molecule has 0 aliphatic heterocycles. The van der Waals surface area contributed by atoms with Crippen LogP contribution in [0.3, 0.4) is 0 Å². The first-order valence-electron chi connectivity index (χ1n) is 13.8. The average Bonchev–Trinajstić information content (AvgIpc) is 2.98. The molecule has 0 unspecified atom stereocenters. The van der Waals surface area contributed by atoms with Gasteiger partial charge in [-0.05, 0) is 11.6 Å². The van der Waals surface area contributed by atoms with Gasteiger partial charge in [-0.3, -0.25) is 4.79 Å². The van der Waals surface area contributed by atoms with E-state index in [1.165, 1.54) is 96.3 Å². The molecule has 3 aliphatic rings. The number of hydrogen-bond donors (Lipinski definition) is 0. The zero-order valence-electron chi connectivity index (χ0n) is 22.0. The first-order chi connectivity index (χ1) is 17.3. The molecule has 36 heavy (non-hydrogen) atoms. The Morgan fingerprint density at radius 1 is 0.556 bits per heavy atom. The molecule has 192 valence electrons. The largest absolute Gasteiger partial charge is 4.00 e. The summed E-state index contributed by atoms with van der Waals surface area (Å²) in [5.74, 6) is -0.529. The van der Waals surface area contributed by atoms with E-state index in [-0.39, 0.29) is 35.4 Å². The molecule has 0 heterocycles. The Morgan fingerprint density at radius 2 is 0.889 bits per heavy atom. The Kier molecular flexibility index (Phi) is 20.4. The molecule has 0 aromatic heterocycles. The Bertz CT molecular complexity index is 726. The van der Waals surface area contributed by atoms with Crippen molar-refractivity contribution in [3.05, 3.63) is 97.1 Å². The molecule has 0 bridgehead atoms. The number of hydrogen-bond acceptors (Lipinski definition) is 2. The van der Waals surface area contributed by atoms with E-state index in [1.807, 2.05) is 12.1 Å². The Morgan fingerprint density at radius 3 is 1.17 bits per heavy atom. The SMILES string of the molecule is O=C(C=C([O-])c1ccccc1)c1ccccc1.[CH-]1CCCCC1.[CH-]1CCCCC1.[CH-]1CCCCC1.[Sn+4]. The predicted molar refractivity (Wildman–Crippen MR) is 153 cm³/mol. The summed E-state index contributed by atoms with van der Waals surface area (Å²) in [6.45, 7) is 0. The molecule has 3 heteroatoms. The molecule has 0 spiro atoms. The zero-order valence-corrected chi connectivity index (χ0v) is 24.9. The molecule has 2 aromatic carbocycles. The Hall–Kier alpha value is -1.55. The molecular formula is C33H44O2Sn. The second-order valence-electron chi connectivity index (χ2n) is 9.38. The molecule has 0 atom stereocenters. The molecule has 5 rings (SSSR count). The van der Waals surface area contributed by atoms with Gasteiger partial charge in [-0.25, -0.2) is 0 Å². The number of rotatable bonds is 3. The van der Waals surface area contributed by atoms with Gasteiger partial charge in [0, 0.05) is 5.56 Å². The van der Waals surface area contributed by atoms with Crippen LogP contribution in [0.25, 0.3) is 5.76 Å². The van der Waals surface area contributed by atoms with Crippen LogP contribution in [-0.4, -0.2) is 29.7 Å². The smallest absolute Gasteiger partial charge is 0.872 e. The molecule has 3 saturated carbocycles. The van der Waals surface area contributed by atoms with Gasteiger partial charge < -0.3 is 24.4 Å². The third-order valence-corrected chi connectivity index (χ3v) is 6.33. The van der Waals surface area contributed by atoms with Gasteiger partial charge in [-0.1, -0.05) is 124 Å². The van der Waals surface area contributed by atoms with Gasteiger partial charge in [0.25, 0.3) is 0 Å². The van der Waals surface area contributed by atoms with Crippen molar-refractivity contribution in [3.63, 3.8) is 0 Å². The maximum absolute atomic E-state index is 11.8. The second-order valence-corrected chi connectivity index (χ2v) is 9.38. The van der Waals surface area contributed by atoms with Gasteiger partial charge in [0.1, 0.15) is 0 Å². The summed E-state index contributed by atoms with van der Waals surface area (Å²) in [5, 5.41) is 11.8. The topological polar surface area (TPSA) is 40.1 Å². The minimum Gasteiger partial charge on any atom is -0.872 e. The van der Waals surface area contributed by atoms with Crippen LogP contribution in [0.1, 0.15) is 112 Å². The summed E-state index contributed by atoms with van der Waals surface area (Å²) in [6, 6.07) is 17.5. The van der Waals surface area contributed by atoms with E-state index < -0.39 is 0 Å². The van der Waals surface area contributed by atoms with Crippen LogP contribution < -0.4 is 5.11 Å². The van der Waals surface area contributed by atoms with E-state index in [0.717, 1.165) is 6.08 Å². The van der Waals surface area contributed by atoms with Crippen molar-refractivity contribution in [2.45, 2.75) is 96.3 Å². The number of carbonyl (C=O) groups is 1. The normalized spacial score (nSPS) is 17.3. The summed E-state index contributed by atoms with van der Waals surface area (Å²) in [4.78, 5) is 11.8. The first-order valence-corrected chi connectivity index (χ1v) is 13.8. The molecule has 3 aliphatic carbocycles. The third kappa shape index (κ3) is 16.2. The first kappa shape index (κ1) is 32.5. The zero-order chi connectivity index (χ0) is 24.8. The van der Waals surface area contributed by atoms with E-state index in [1.54, 1.807) is 48.5 Å².